The molecule has 1 heterocycles. The zero-order chi connectivity index (χ0) is 16.0. The summed E-state index contributed by atoms with van der Waals surface area (Å²) in [5.41, 5.74) is -1.50. The van der Waals surface area contributed by atoms with Gasteiger partial charge >= 0.3 is 12.0 Å². The Morgan fingerprint density at radius 3 is 2.62 bits per heavy atom. The molecule has 3 amide bonds. The van der Waals surface area contributed by atoms with Crippen molar-refractivity contribution in [2.24, 2.45) is 5.92 Å². The number of carbonyl (C=O) groups is 3. The SMILES string of the molecule is CNC(=O)C1CCCN(C(=O)NCC(C)(O)CC(=O)O)C1. The number of carbonyl (C=O) groups excluding carboxylic acids is 2. The van der Waals surface area contributed by atoms with E-state index >= 15 is 0 Å². The van der Waals surface area contributed by atoms with E-state index in [2.05, 4.69) is 10.6 Å². The normalized spacial score (nSPS) is 21.3. The van der Waals surface area contributed by atoms with Crippen molar-refractivity contribution in [1.82, 2.24) is 15.5 Å². The molecule has 0 bridgehead atoms. The van der Waals surface area contributed by atoms with Gasteiger partial charge in [-0.2, -0.15) is 0 Å². The van der Waals surface area contributed by atoms with E-state index in [-0.39, 0.29) is 18.4 Å². The third-order valence-corrected chi connectivity index (χ3v) is 3.48. The summed E-state index contributed by atoms with van der Waals surface area (Å²) in [6, 6.07) is -0.394. The maximum Gasteiger partial charge on any atom is 0.317 e. The average Bonchev–Trinajstić information content (AvgIpc) is 2.42. The van der Waals surface area contributed by atoms with Crippen LogP contribution in [0.25, 0.3) is 0 Å². The molecule has 4 N–H and O–H groups in total. The molecule has 8 heteroatoms. The second-order valence-electron chi connectivity index (χ2n) is 5.63. The molecule has 1 aliphatic heterocycles. The number of hydrogen-bond acceptors (Lipinski definition) is 4. The lowest BCUT2D eigenvalue weighted by atomic mass is 9.97. The Labute approximate surface area is 123 Å². The number of carboxylic acid groups (broad SMARTS) is 1. The highest BCUT2D eigenvalue weighted by Crippen LogP contribution is 2.17. The molecule has 8 nitrogen and oxygen atoms in total. The van der Waals surface area contributed by atoms with Crippen LogP contribution in [0.5, 0.6) is 0 Å². The molecule has 1 aliphatic rings. The molecule has 21 heavy (non-hydrogen) atoms. The number of hydrogen-bond donors (Lipinski definition) is 4. The summed E-state index contributed by atoms with van der Waals surface area (Å²) < 4.78 is 0. The van der Waals surface area contributed by atoms with Crippen molar-refractivity contribution in [2.75, 3.05) is 26.7 Å². The number of amides is 3. The van der Waals surface area contributed by atoms with E-state index < -0.39 is 24.0 Å². The lowest BCUT2D eigenvalue weighted by Gasteiger charge is -2.32. The first kappa shape index (κ1) is 17.2. The molecule has 120 valence electrons. The zero-order valence-electron chi connectivity index (χ0n) is 12.4. The Bertz CT molecular complexity index is 411. The van der Waals surface area contributed by atoms with Gasteiger partial charge in [-0.15, -0.1) is 0 Å². The molecule has 1 saturated heterocycles. The first-order valence-electron chi connectivity index (χ1n) is 6.94. The van der Waals surface area contributed by atoms with Crippen molar-refractivity contribution < 1.29 is 24.6 Å². The highest BCUT2D eigenvalue weighted by Gasteiger charge is 2.30. The van der Waals surface area contributed by atoms with Gasteiger partial charge in [0.05, 0.1) is 17.9 Å². The van der Waals surface area contributed by atoms with E-state index in [1.807, 2.05) is 0 Å². The summed E-state index contributed by atoms with van der Waals surface area (Å²) in [5, 5.41) is 23.6. The summed E-state index contributed by atoms with van der Waals surface area (Å²) in [7, 11) is 1.56. The van der Waals surface area contributed by atoms with E-state index in [1.165, 1.54) is 11.8 Å². The van der Waals surface area contributed by atoms with Crippen molar-refractivity contribution in [3.63, 3.8) is 0 Å². The van der Waals surface area contributed by atoms with Crippen LogP contribution in [0.4, 0.5) is 4.79 Å². The smallest absolute Gasteiger partial charge is 0.317 e. The van der Waals surface area contributed by atoms with Crippen LogP contribution in [0.1, 0.15) is 26.2 Å². The van der Waals surface area contributed by atoms with Crippen molar-refractivity contribution in [3.8, 4) is 0 Å². The van der Waals surface area contributed by atoms with Crippen molar-refractivity contribution in [1.29, 1.82) is 0 Å². The van der Waals surface area contributed by atoms with Gasteiger partial charge in [-0.3, -0.25) is 9.59 Å². The van der Waals surface area contributed by atoms with Crippen LogP contribution in [0.2, 0.25) is 0 Å². The van der Waals surface area contributed by atoms with E-state index in [0.29, 0.717) is 13.1 Å². The number of nitrogens with one attached hydrogen (secondary N) is 2. The molecular formula is C13H23N3O5. The largest absolute Gasteiger partial charge is 0.481 e. The predicted octanol–water partition coefficient (Wildman–Crippen LogP) is -0.620. The summed E-state index contributed by atoms with van der Waals surface area (Å²) >= 11 is 0. The lowest BCUT2D eigenvalue weighted by Crippen LogP contribution is -2.51. The molecule has 0 saturated carbocycles. The molecule has 0 aliphatic carbocycles. The second kappa shape index (κ2) is 7.26. The van der Waals surface area contributed by atoms with Crippen LogP contribution < -0.4 is 10.6 Å². The third-order valence-electron chi connectivity index (χ3n) is 3.48. The lowest BCUT2D eigenvalue weighted by molar-refractivity contribution is -0.141. The van der Waals surface area contributed by atoms with Crippen molar-refractivity contribution >= 4 is 17.9 Å². The quantitative estimate of drug-likeness (QED) is 0.539. The van der Waals surface area contributed by atoms with E-state index in [0.717, 1.165) is 12.8 Å². The predicted molar refractivity (Wildman–Crippen MR) is 74.6 cm³/mol. The van der Waals surface area contributed by atoms with Gasteiger partial charge in [0.1, 0.15) is 0 Å². The van der Waals surface area contributed by atoms with Gasteiger partial charge in [-0.1, -0.05) is 0 Å². The maximum atomic E-state index is 12.0. The number of urea groups is 1. The number of aliphatic carboxylic acids is 1. The molecule has 0 aromatic rings. The monoisotopic (exact) mass is 301 g/mol. The Kier molecular flexibility index (Phi) is 5.95. The van der Waals surface area contributed by atoms with Crippen LogP contribution in [0.3, 0.4) is 0 Å². The van der Waals surface area contributed by atoms with Crippen LogP contribution >= 0.6 is 0 Å². The Balaban J connectivity index is 2.48. The molecule has 0 aromatic heterocycles. The summed E-state index contributed by atoms with van der Waals surface area (Å²) in [4.78, 5) is 35.7. The highest BCUT2D eigenvalue weighted by atomic mass is 16.4. The fourth-order valence-corrected chi connectivity index (χ4v) is 2.35. The molecule has 0 spiro atoms. The number of nitrogens with zero attached hydrogens (tertiary/aromatic N) is 1. The van der Waals surface area contributed by atoms with Gasteiger partial charge in [0.25, 0.3) is 0 Å². The number of carboxylic acids is 1. The molecule has 0 aromatic carbocycles. The maximum absolute atomic E-state index is 12.0. The number of piperidine rings is 1. The molecule has 0 radical (unpaired) electrons. The minimum Gasteiger partial charge on any atom is -0.481 e. The van der Waals surface area contributed by atoms with Crippen molar-refractivity contribution in [2.45, 2.75) is 31.8 Å². The van der Waals surface area contributed by atoms with Crippen LogP contribution in [0, 0.1) is 5.92 Å². The van der Waals surface area contributed by atoms with Crippen LogP contribution in [0.15, 0.2) is 0 Å². The molecule has 2 atom stereocenters. The molecule has 1 fully saturated rings. The summed E-state index contributed by atoms with van der Waals surface area (Å²) in [6.07, 6.45) is 1.02. The third kappa shape index (κ3) is 5.58. The number of rotatable bonds is 5. The Morgan fingerprint density at radius 1 is 1.38 bits per heavy atom. The van der Waals surface area contributed by atoms with E-state index in [4.69, 9.17) is 5.11 Å². The molecular weight excluding hydrogens is 278 g/mol. The minimum absolute atomic E-state index is 0.0922. The van der Waals surface area contributed by atoms with Gasteiger partial charge in [-0.05, 0) is 19.8 Å². The van der Waals surface area contributed by atoms with E-state index in [1.54, 1.807) is 7.05 Å². The fraction of sp³-hybridized carbons (Fsp3) is 0.769. The van der Waals surface area contributed by atoms with Crippen molar-refractivity contribution in [3.05, 3.63) is 0 Å². The average molecular weight is 301 g/mol. The second-order valence-corrected chi connectivity index (χ2v) is 5.63. The van der Waals surface area contributed by atoms with Gasteiger partial charge in [0, 0.05) is 26.7 Å². The topological polar surface area (TPSA) is 119 Å². The number of aliphatic hydroxyl groups is 1. The molecule has 2 unspecified atom stereocenters. The Hall–Kier alpha value is -1.83. The van der Waals surface area contributed by atoms with E-state index in [9.17, 15) is 19.5 Å². The first-order valence-corrected chi connectivity index (χ1v) is 6.94. The number of likely N-dealkylation sites (tertiary alicyclic amines) is 1. The zero-order valence-corrected chi connectivity index (χ0v) is 12.4. The first-order chi connectivity index (χ1) is 9.75. The van der Waals surface area contributed by atoms with Gasteiger partial charge in [-0.25, -0.2) is 4.79 Å². The molecule has 1 rings (SSSR count). The Morgan fingerprint density at radius 2 is 2.05 bits per heavy atom. The standard InChI is InChI=1S/C13H23N3O5/c1-13(21,6-10(17)18)8-15-12(20)16-5-3-4-9(7-16)11(19)14-2/h9,21H,3-8H2,1-2H3,(H,14,19)(H,15,20)(H,17,18). The van der Waals surface area contributed by atoms with Crippen LogP contribution in [-0.2, 0) is 9.59 Å². The summed E-state index contributed by atoms with van der Waals surface area (Å²) in [5.74, 6) is -1.45. The van der Waals surface area contributed by atoms with Gasteiger partial charge in [0.2, 0.25) is 5.91 Å². The van der Waals surface area contributed by atoms with Crippen LogP contribution in [-0.4, -0.2) is 65.3 Å². The minimum atomic E-state index is -1.50. The van der Waals surface area contributed by atoms with Gasteiger partial charge < -0.3 is 25.7 Å². The highest BCUT2D eigenvalue weighted by molar-refractivity contribution is 5.80. The fourth-order valence-electron chi connectivity index (χ4n) is 2.35. The summed E-state index contributed by atoms with van der Waals surface area (Å²) in [6.45, 7) is 2.07. The van der Waals surface area contributed by atoms with Gasteiger partial charge in [0.15, 0.2) is 0 Å².